The van der Waals surface area contributed by atoms with Gasteiger partial charge in [0.1, 0.15) is 5.75 Å². The number of terminal acetylenes is 1. The van der Waals surface area contributed by atoms with Crippen molar-refractivity contribution < 1.29 is 4.74 Å². The van der Waals surface area contributed by atoms with Gasteiger partial charge < -0.3 is 4.74 Å². The minimum atomic E-state index is 0.286. The molecule has 1 atom stereocenters. The Kier molecular flexibility index (Phi) is 4.43. The molecular weight excluding hydrogens is 196 g/mol. The lowest BCUT2D eigenvalue weighted by Crippen LogP contribution is -2.00. The van der Waals surface area contributed by atoms with Crippen LogP contribution in [-0.2, 0) is 6.42 Å². The molecule has 16 heavy (non-hydrogen) atoms. The average Bonchev–Trinajstić information content (AvgIpc) is 2.28. The Hall–Kier alpha value is -1.42. The first kappa shape index (κ1) is 12.6. The number of hydrogen-bond donors (Lipinski definition) is 0. The van der Waals surface area contributed by atoms with E-state index in [1.165, 1.54) is 11.1 Å². The van der Waals surface area contributed by atoms with E-state index in [0.29, 0.717) is 5.92 Å². The Bertz CT molecular complexity index is 385. The van der Waals surface area contributed by atoms with Gasteiger partial charge in [0.25, 0.3) is 0 Å². The lowest BCUT2D eigenvalue weighted by molar-refractivity contribution is 0.407. The molecule has 1 nitrogen and oxygen atoms in total. The first-order valence-electron chi connectivity index (χ1n) is 5.71. The summed E-state index contributed by atoms with van der Waals surface area (Å²) in [6, 6.07) is 6.34. The lowest BCUT2D eigenvalue weighted by Gasteiger charge is -2.14. The van der Waals surface area contributed by atoms with Crippen LogP contribution in [0.4, 0.5) is 0 Å². The molecule has 1 aromatic carbocycles. The number of benzene rings is 1. The van der Waals surface area contributed by atoms with Crippen molar-refractivity contribution in [2.24, 2.45) is 5.92 Å². The number of rotatable bonds is 4. The third kappa shape index (κ3) is 3.03. The summed E-state index contributed by atoms with van der Waals surface area (Å²) in [7, 11) is 1.71. The molecule has 0 spiro atoms. The molecule has 0 N–H and O–H groups in total. The minimum Gasteiger partial charge on any atom is -0.496 e. The summed E-state index contributed by atoms with van der Waals surface area (Å²) >= 11 is 0. The van der Waals surface area contributed by atoms with Gasteiger partial charge in [-0.15, -0.1) is 12.3 Å². The molecule has 0 fully saturated rings. The van der Waals surface area contributed by atoms with E-state index in [1.807, 2.05) is 6.07 Å². The first-order chi connectivity index (χ1) is 7.58. The third-order valence-corrected chi connectivity index (χ3v) is 2.74. The maximum atomic E-state index is 5.40. The highest BCUT2D eigenvalue weighted by molar-refractivity contribution is 5.39. The summed E-state index contributed by atoms with van der Waals surface area (Å²) in [5.74, 6) is 4.48. The molecule has 0 aromatic heterocycles. The van der Waals surface area contributed by atoms with Crippen molar-refractivity contribution in [1.29, 1.82) is 0 Å². The van der Waals surface area contributed by atoms with Crippen molar-refractivity contribution >= 4 is 0 Å². The van der Waals surface area contributed by atoms with Crippen LogP contribution >= 0.6 is 0 Å². The van der Waals surface area contributed by atoms with E-state index in [2.05, 4.69) is 38.8 Å². The van der Waals surface area contributed by atoms with E-state index >= 15 is 0 Å². The second kappa shape index (κ2) is 5.61. The topological polar surface area (TPSA) is 9.23 Å². The lowest BCUT2D eigenvalue weighted by atomic mass is 9.95. The Morgan fingerprint density at radius 2 is 2.00 bits per heavy atom. The molecule has 1 heteroatoms. The smallest absolute Gasteiger partial charge is 0.122 e. The van der Waals surface area contributed by atoms with Crippen molar-refractivity contribution in [3.05, 3.63) is 29.3 Å². The first-order valence-corrected chi connectivity index (χ1v) is 5.71. The SMILES string of the molecule is C#CC(C)Cc1ccc(OC)c(C(C)C)c1. The molecule has 0 aliphatic carbocycles. The summed E-state index contributed by atoms with van der Waals surface area (Å²) < 4.78 is 5.35. The molecule has 0 radical (unpaired) electrons. The summed E-state index contributed by atoms with van der Waals surface area (Å²) in [5.41, 5.74) is 2.54. The zero-order chi connectivity index (χ0) is 12.1. The predicted molar refractivity (Wildman–Crippen MR) is 68.8 cm³/mol. The standard InChI is InChI=1S/C15H20O/c1-6-12(4)9-13-7-8-15(16-5)14(10-13)11(2)3/h1,7-8,10-12H,9H2,2-5H3. The minimum absolute atomic E-state index is 0.286. The van der Waals surface area contributed by atoms with E-state index in [1.54, 1.807) is 7.11 Å². The normalized spacial score (nSPS) is 12.2. The fourth-order valence-corrected chi connectivity index (χ4v) is 1.77. The Balaban J connectivity index is 2.98. The van der Waals surface area contributed by atoms with E-state index in [0.717, 1.165) is 12.2 Å². The van der Waals surface area contributed by atoms with Gasteiger partial charge in [-0.25, -0.2) is 0 Å². The Morgan fingerprint density at radius 3 is 2.50 bits per heavy atom. The largest absolute Gasteiger partial charge is 0.496 e. The van der Waals surface area contributed by atoms with Crippen molar-refractivity contribution in [2.75, 3.05) is 7.11 Å². The Labute approximate surface area is 98.8 Å². The predicted octanol–water partition coefficient (Wildman–Crippen LogP) is 3.63. The molecule has 0 bridgehead atoms. The molecular formula is C15H20O. The Morgan fingerprint density at radius 1 is 1.31 bits per heavy atom. The molecule has 1 unspecified atom stereocenters. The van der Waals surface area contributed by atoms with Crippen LogP contribution < -0.4 is 4.74 Å². The van der Waals surface area contributed by atoms with Gasteiger partial charge in [-0.1, -0.05) is 32.9 Å². The van der Waals surface area contributed by atoms with Crippen LogP contribution in [0.3, 0.4) is 0 Å². The average molecular weight is 216 g/mol. The van der Waals surface area contributed by atoms with Crippen LogP contribution in [0.5, 0.6) is 5.75 Å². The number of ether oxygens (including phenoxy) is 1. The number of methoxy groups -OCH3 is 1. The maximum absolute atomic E-state index is 5.40. The van der Waals surface area contributed by atoms with Crippen molar-refractivity contribution in [2.45, 2.75) is 33.1 Å². The van der Waals surface area contributed by atoms with E-state index < -0.39 is 0 Å². The second-order valence-corrected chi connectivity index (χ2v) is 4.50. The molecule has 1 rings (SSSR count). The quantitative estimate of drug-likeness (QED) is 0.698. The van der Waals surface area contributed by atoms with Gasteiger partial charge in [-0.3, -0.25) is 0 Å². The van der Waals surface area contributed by atoms with Gasteiger partial charge in [-0.2, -0.15) is 0 Å². The fraction of sp³-hybridized carbons (Fsp3) is 0.467. The van der Waals surface area contributed by atoms with Gasteiger partial charge in [0.15, 0.2) is 0 Å². The molecule has 0 heterocycles. The van der Waals surface area contributed by atoms with Gasteiger partial charge in [0.2, 0.25) is 0 Å². The van der Waals surface area contributed by atoms with Gasteiger partial charge in [0, 0.05) is 5.92 Å². The maximum Gasteiger partial charge on any atom is 0.122 e. The van der Waals surface area contributed by atoms with Crippen LogP contribution in [0.1, 0.15) is 37.8 Å². The van der Waals surface area contributed by atoms with Crippen LogP contribution in [-0.4, -0.2) is 7.11 Å². The zero-order valence-corrected chi connectivity index (χ0v) is 10.6. The highest BCUT2D eigenvalue weighted by Gasteiger charge is 2.09. The molecule has 0 saturated heterocycles. The van der Waals surface area contributed by atoms with E-state index in [4.69, 9.17) is 11.2 Å². The number of hydrogen-bond acceptors (Lipinski definition) is 1. The van der Waals surface area contributed by atoms with Gasteiger partial charge >= 0.3 is 0 Å². The highest BCUT2D eigenvalue weighted by Crippen LogP contribution is 2.27. The van der Waals surface area contributed by atoms with Gasteiger partial charge in [0.05, 0.1) is 7.11 Å². The van der Waals surface area contributed by atoms with Crippen molar-refractivity contribution in [3.63, 3.8) is 0 Å². The fourth-order valence-electron chi connectivity index (χ4n) is 1.77. The summed E-state index contributed by atoms with van der Waals surface area (Å²) in [6.07, 6.45) is 6.33. The molecule has 86 valence electrons. The van der Waals surface area contributed by atoms with E-state index in [-0.39, 0.29) is 5.92 Å². The molecule has 1 aromatic rings. The summed E-state index contributed by atoms with van der Waals surface area (Å²) in [4.78, 5) is 0. The molecule has 0 aliphatic rings. The van der Waals surface area contributed by atoms with Gasteiger partial charge in [-0.05, 0) is 29.5 Å². The molecule has 0 amide bonds. The van der Waals surface area contributed by atoms with Crippen molar-refractivity contribution in [1.82, 2.24) is 0 Å². The van der Waals surface area contributed by atoms with Crippen LogP contribution in [0.15, 0.2) is 18.2 Å². The zero-order valence-electron chi connectivity index (χ0n) is 10.6. The van der Waals surface area contributed by atoms with Crippen LogP contribution in [0.2, 0.25) is 0 Å². The molecule has 0 saturated carbocycles. The second-order valence-electron chi connectivity index (χ2n) is 4.50. The summed E-state index contributed by atoms with van der Waals surface area (Å²) in [6.45, 7) is 6.41. The third-order valence-electron chi connectivity index (χ3n) is 2.74. The summed E-state index contributed by atoms with van der Waals surface area (Å²) in [5, 5.41) is 0. The van der Waals surface area contributed by atoms with Crippen LogP contribution in [0, 0.1) is 18.3 Å². The van der Waals surface area contributed by atoms with E-state index in [9.17, 15) is 0 Å². The van der Waals surface area contributed by atoms with Crippen molar-refractivity contribution in [3.8, 4) is 18.1 Å². The van der Waals surface area contributed by atoms with Crippen LogP contribution in [0.25, 0.3) is 0 Å². The molecule has 0 aliphatic heterocycles. The monoisotopic (exact) mass is 216 g/mol. The highest BCUT2D eigenvalue weighted by atomic mass is 16.5.